The minimum atomic E-state index is -4.02. The zero-order chi connectivity index (χ0) is 16.2. The SMILES string of the molecule is COC(=O)c1ccccc1S(=O)(=O)NNc1ccc(Cl)nn1. The Balaban J connectivity index is 2.24. The van der Waals surface area contributed by atoms with Gasteiger partial charge in [-0.05, 0) is 24.3 Å². The first kappa shape index (κ1) is 16.1. The lowest BCUT2D eigenvalue weighted by Crippen LogP contribution is -2.31. The lowest BCUT2D eigenvalue weighted by molar-refractivity contribution is 0.0596. The van der Waals surface area contributed by atoms with Gasteiger partial charge in [0.05, 0.1) is 17.6 Å². The molecule has 2 rings (SSSR count). The molecule has 0 amide bonds. The molecule has 0 saturated carbocycles. The Morgan fingerprint density at radius 3 is 2.55 bits per heavy atom. The maximum Gasteiger partial charge on any atom is 0.339 e. The van der Waals surface area contributed by atoms with Gasteiger partial charge < -0.3 is 4.74 Å². The Labute approximate surface area is 131 Å². The fraction of sp³-hybridized carbons (Fsp3) is 0.0833. The molecule has 0 aliphatic rings. The van der Waals surface area contributed by atoms with Gasteiger partial charge in [0.2, 0.25) is 0 Å². The Morgan fingerprint density at radius 1 is 1.18 bits per heavy atom. The zero-order valence-corrected chi connectivity index (χ0v) is 12.9. The minimum Gasteiger partial charge on any atom is -0.465 e. The molecular weight excluding hydrogens is 332 g/mol. The molecule has 1 heterocycles. The minimum absolute atomic E-state index is 0.0820. The number of esters is 1. The lowest BCUT2D eigenvalue weighted by Gasteiger charge is -2.11. The van der Waals surface area contributed by atoms with E-state index in [2.05, 4.69) is 25.2 Å². The van der Waals surface area contributed by atoms with E-state index in [1.165, 1.54) is 43.5 Å². The van der Waals surface area contributed by atoms with Gasteiger partial charge in [0.25, 0.3) is 10.0 Å². The van der Waals surface area contributed by atoms with Crippen LogP contribution in [0.3, 0.4) is 0 Å². The highest BCUT2D eigenvalue weighted by Gasteiger charge is 2.22. The van der Waals surface area contributed by atoms with Crippen LogP contribution in [0.4, 0.5) is 5.82 Å². The molecule has 1 aromatic heterocycles. The summed E-state index contributed by atoms with van der Waals surface area (Å²) in [5.74, 6) is -0.615. The third-order valence-electron chi connectivity index (χ3n) is 2.53. The summed E-state index contributed by atoms with van der Waals surface area (Å²) in [6, 6.07) is 8.52. The molecule has 0 radical (unpaired) electrons. The number of aromatic nitrogens is 2. The highest BCUT2D eigenvalue weighted by molar-refractivity contribution is 7.89. The van der Waals surface area contributed by atoms with Crippen LogP contribution >= 0.6 is 11.6 Å². The van der Waals surface area contributed by atoms with Gasteiger partial charge in [-0.2, -0.15) is 0 Å². The van der Waals surface area contributed by atoms with Crippen LogP contribution in [0.15, 0.2) is 41.3 Å². The van der Waals surface area contributed by atoms with Crippen molar-refractivity contribution in [2.45, 2.75) is 4.90 Å². The number of ether oxygens (including phenoxy) is 1. The number of nitrogens with zero attached hydrogens (tertiary/aromatic N) is 2. The maximum atomic E-state index is 12.3. The molecule has 0 bridgehead atoms. The van der Waals surface area contributed by atoms with E-state index in [1.54, 1.807) is 0 Å². The number of hydrogen-bond donors (Lipinski definition) is 2. The van der Waals surface area contributed by atoms with Crippen LogP contribution < -0.4 is 10.3 Å². The lowest BCUT2D eigenvalue weighted by atomic mass is 10.2. The molecule has 0 atom stereocenters. The first-order valence-electron chi connectivity index (χ1n) is 5.88. The van der Waals surface area contributed by atoms with Crippen LogP contribution in [-0.2, 0) is 14.8 Å². The van der Waals surface area contributed by atoms with Crippen molar-refractivity contribution in [3.8, 4) is 0 Å². The van der Waals surface area contributed by atoms with Gasteiger partial charge in [0, 0.05) is 0 Å². The second kappa shape index (κ2) is 6.69. The molecule has 8 nitrogen and oxygen atoms in total. The molecule has 0 aliphatic carbocycles. The second-order valence-electron chi connectivity index (χ2n) is 3.96. The average molecular weight is 343 g/mol. The van der Waals surface area contributed by atoms with Gasteiger partial charge in [-0.1, -0.05) is 23.7 Å². The number of methoxy groups -OCH3 is 1. The molecule has 22 heavy (non-hydrogen) atoms. The van der Waals surface area contributed by atoms with Gasteiger partial charge in [0.1, 0.15) is 0 Å². The van der Waals surface area contributed by atoms with Crippen LogP contribution in [0.1, 0.15) is 10.4 Å². The van der Waals surface area contributed by atoms with Crippen LogP contribution in [0.5, 0.6) is 0 Å². The highest BCUT2D eigenvalue weighted by Crippen LogP contribution is 2.16. The van der Waals surface area contributed by atoms with Crippen molar-refractivity contribution in [1.29, 1.82) is 0 Å². The second-order valence-corrected chi connectivity index (χ2v) is 6.00. The van der Waals surface area contributed by atoms with E-state index in [0.717, 1.165) is 0 Å². The summed E-state index contributed by atoms with van der Waals surface area (Å²) in [5, 5.41) is 7.36. The molecule has 0 spiro atoms. The summed E-state index contributed by atoms with van der Waals surface area (Å²) in [6.07, 6.45) is 0. The first-order valence-corrected chi connectivity index (χ1v) is 7.74. The Morgan fingerprint density at radius 2 is 1.91 bits per heavy atom. The predicted octanol–water partition coefficient (Wildman–Crippen LogP) is 1.22. The largest absolute Gasteiger partial charge is 0.465 e. The summed E-state index contributed by atoms with van der Waals surface area (Å²) < 4.78 is 29.1. The third-order valence-corrected chi connectivity index (χ3v) is 4.03. The number of benzene rings is 1. The fourth-order valence-corrected chi connectivity index (χ4v) is 2.68. The van der Waals surface area contributed by atoms with Crippen molar-refractivity contribution < 1.29 is 17.9 Å². The number of carbonyl (C=O) groups excluding carboxylic acids is 1. The summed E-state index contributed by atoms with van der Waals surface area (Å²) in [6.45, 7) is 0. The number of nitrogens with one attached hydrogen (secondary N) is 2. The molecule has 2 aromatic rings. The molecule has 0 unspecified atom stereocenters. The van der Waals surface area contributed by atoms with Crippen molar-refractivity contribution in [2.75, 3.05) is 12.5 Å². The van der Waals surface area contributed by atoms with E-state index >= 15 is 0 Å². The summed E-state index contributed by atoms with van der Waals surface area (Å²) >= 11 is 5.58. The van der Waals surface area contributed by atoms with E-state index in [1.807, 2.05) is 0 Å². The Kier molecular flexibility index (Phi) is 4.91. The predicted molar refractivity (Wildman–Crippen MR) is 78.8 cm³/mol. The van der Waals surface area contributed by atoms with Gasteiger partial charge in [-0.3, -0.25) is 5.43 Å². The topological polar surface area (TPSA) is 110 Å². The molecule has 0 saturated heterocycles. The van der Waals surface area contributed by atoms with Gasteiger partial charge >= 0.3 is 5.97 Å². The summed E-state index contributed by atoms with van der Waals surface area (Å²) in [4.78, 5) is 13.5. The van der Waals surface area contributed by atoms with Gasteiger partial charge in [-0.25, -0.2) is 13.2 Å². The fourth-order valence-electron chi connectivity index (χ4n) is 1.54. The van der Waals surface area contributed by atoms with E-state index in [4.69, 9.17) is 11.6 Å². The monoisotopic (exact) mass is 342 g/mol. The number of anilines is 1. The van der Waals surface area contributed by atoms with Crippen molar-refractivity contribution in [3.05, 3.63) is 47.1 Å². The molecule has 2 N–H and O–H groups in total. The van der Waals surface area contributed by atoms with Gasteiger partial charge in [0.15, 0.2) is 11.0 Å². The van der Waals surface area contributed by atoms with Crippen molar-refractivity contribution >= 4 is 33.4 Å². The Bertz CT molecular complexity index is 780. The van der Waals surface area contributed by atoms with Crippen LogP contribution in [0, 0.1) is 0 Å². The third kappa shape index (κ3) is 3.70. The normalized spacial score (nSPS) is 11.0. The molecular formula is C12H11ClN4O4S. The van der Waals surface area contributed by atoms with E-state index in [9.17, 15) is 13.2 Å². The summed E-state index contributed by atoms with van der Waals surface area (Å²) in [7, 11) is -2.85. The van der Waals surface area contributed by atoms with Crippen molar-refractivity contribution in [1.82, 2.24) is 15.0 Å². The Hall–Kier alpha value is -2.23. The number of hydrogen-bond acceptors (Lipinski definition) is 7. The van der Waals surface area contributed by atoms with Crippen molar-refractivity contribution in [2.24, 2.45) is 0 Å². The van der Waals surface area contributed by atoms with E-state index in [-0.39, 0.29) is 21.4 Å². The average Bonchev–Trinajstić information content (AvgIpc) is 2.53. The molecule has 10 heteroatoms. The number of halogens is 1. The molecule has 0 aliphatic heterocycles. The van der Waals surface area contributed by atoms with Crippen molar-refractivity contribution in [3.63, 3.8) is 0 Å². The smallest absolute Gasteiger partial charge is 0.339 e. The number of hydrazine groups is 1. The number of carbonyl (C=O) groups is 1. The first-order chi connectivity index (χ1) is 10.4. The van der Waals surface area contributed by atoms with E-state index in [0.29, 0.717) is 0 Å². The van der Waals surface area contributed by atoms with Gasteiger partial charge in [-0.15, -0.1) is 15.0 Å². The molecule has 1 aromatic carbocycles. The highest BCUT2D eigenvalue weighted by atomic mass is 35.5. The van der Waals surface area contributed by atoms with Crippen LogP contribution in [-0.4, -0.2) is 31.7 Å². The molecule has 116 valence electrons. The van der Waals surface area contributed by atoms with E-state index < -0.39 is 16.0 Å². The maximum absolute atomic E-state index is 12.3. The quantitative estimate of drug-likeness (QED) is 0.621. The summed E-state index contributed by atoms with van der Waals surface area (Å²) in [5.41, 5.74) is 2.29. The number of sulfonamides is 1. The van der Waals surface area contributed by atoms with Crippen LogP contribution in [0.2, 0.25) is 5.15 Å². The van der Waals surface area contributed by atoms with Crippen LogP contribution in [0.25, 0.3) is 0 Å². The zero-order valence-electron chi connectivity index (χ0n) is 11.3. The number of rotatable bonds is 5. The molecule has 0 fully saturated rings. The standard InChI is InChI=1S/C12H11ClN4O4S/c1-21-12(18)8-4-2-3-5-9(8)22(19,20)17-16-11-7-6-10(13)14-15-11/h2-7,17H,1H3,(H,15,16).